The van der Waals surface area contributed by atoms with Crippen molar-refractivity contribution in [3.8, 4) is 11.5 Å². The predicted molar refractivity (Wildman–Crippen MR) is 72.4 cm³/mol. The zero-order chi connectivity index (χ0) is 13.8. The number of hydrogen-bond donors (Lipinski definition) is 2. The summed E-state index contributed by atoms with van der Waals surface area (Å²) in [4.78, 5) is 11.4. The molecule has 0 spiro atoms. The minimum absolute atomic E-state index is 0.0879. The Labute approximate surface area is 115 Å². The molecular weight excluding hydrogens is 266 g/mol. The Bertz CT molecular complexity index is 613. The third-order valence-corrected chi connectivity index (χ3v) is 2.85. The maximum absolute atomic E-state index is 11.4. The van der Waals surface area contributed by atoms with Crippen molar-refractivity contribution in [1.29, 1.82) is 0 Å². The predicted octanol–water partition coefficient (Wildman–Crippen LogP) is 2.72. The number of rotatable bonds is 4. The second-order valence-corrected chi connectivity index (χ2v) is 4.29. The zero-order valence-corrected chi connectivity index (χ0v) is 10.7. The van der Waals surface area contributed by atoms with Gasteiger partial charge < -0.3 is 15.6 Å². The monoisotopic (exact) mass is 277 g/mol. The van der Waals surface area contributed by atoms with Crippen LogP contribution in [0.15, 0.2) is 42.5 Å². The number of aliphatic hydroxyl groups excluding tert-OH is 1. The number of nitrogens with two attached hydrogens (primary N) is 1. The second-order valence-electron chi connectivity index (χ2n) is 3.88. The summed E-state index contributed by atoms with van der Waals surface area (Å²) in [5, 5.41) is 9.30. The maximum atomic E-state index is 11.4. The van der Waals surface area contributed by atoms with Crippen molar-refractivity contribution in [1.82, 2.24) is 0 Å². The lowest BCUT2D eigenvalue weighted by molar-refractivity contribution is 0.0998. The summed E-state index contributed by atoms with van der Waals surface area (Å²) in [6.45, 7) is -0.0879. The molecule has 0 atom stereocenters. The first-order valence-electron chi connectivity index (χ1n) is 5.58. The summed E-state index contributed by atoms with van der Waals surface area (Å²) in [6.07, 6.45) is 0. The maximum Gasteiger partial charge on any atom is 0.254 e. The van der Waals surface area contributed by atoms with Crippen molar-refractivity contribution in [2.24, 2.45) is 5.73 Å². The number of carbonyl (C=O) groups excluding carboxylic acids is 1. The first-order chi connectivity index (χ1) is 9.11. The fourth-order valence-electron chi connectivity index (χ4n) is 1.66. The fraction of sp³-hybridized carbons (Fsp3) is 0.0714. The molecule has 0 bridgehead atoms. The highest BCUT2D eigenvalue weighted by Gasteiger charge is 2.14. The molecule has 0 fully saturated rings. The summed E-state index contributed by atoms with van der Waals surface area (Å²) in [7, 11) is 0. The van der Waals surface area contributed by atoms with Crippen LogP contribution in [-0.2, 0) is 6.61 Å². The summed E-state index contributed by atoms with van der Waals surface area (Å²) in [6, 6.07) is 11.7. The summed E-state index contributed by atoms with van der Waals surface area (Å²) in [5.41, 5.74) is 6.13. The number of halogens is 1. The van der Waals surface area contributed by atoms with Gasteiger partial charge in [-0.2, -0.15) is 0 Å². The van der Waals surface area contributed by atoms with Crippen LogP contribution in [0, 0.1) is 0 Å². The highest BCUT2D eigenvalue weighted by atomic mass is 35.5. The molecule has 98 valence electrons. The Morgan fingerprint density at radius 1 is 1.26 bits per heavy atom. The molecule has 0 aliphatic carbocycles. The molecule has 0 aliphatic rings. The summed E-state index contributed by atoms with van der Waals surface area (Å²) in [5.74, 6) is 0.130. The first kappa shape index (κ1) is 13.4. The molecule has 5 heteroatoms. The summed E-state index contributed by atoms with van der Waals surface area (Å²) < 4.78 is 5.60. The SMILES string of the molecule is NC(=O)c1c(Cl)cccc1Oc1cccc(CO)c1. The van der Waals surface area contributed by atoms with Gasteiger partial charge in [-0.25, -0.2) is 0 Å². The van der Waals surface area contributed by atoms with E-state index in [1.807, 2.05) is 0 Å². The van der Waals surface area contributed by atoms with E-state index in [4.69, 9.17) is 27.2 Å². The molecule has 2 aromatic carbocycles. The lowest BCUT2D eigenvalue weighted by atomic mass is 10.2. The van der Waals surface area contributed by atoms with Gasteiger partial charge in [0.05, 0.1) is 11.6 Å². The van der Waals surface area contributed by atoms with Crippen LogP contribution in [0.5, 0.6) is 11.5 Å². The van der Waals surface area contributed by atoms with E-state index in [-0.39, 0.29) is 22.9 Å². The molecule has 2 rings (SSSR count). The van der Waals surface area contributed by atoms with E-state index in [0.29, 0.717) is 11.3 Å². The van der Waals surface area contributed by atoms with Gasteiger partial charge in [0.25, 0.3) is 5.91 Å². The van der Waals surface area contributed by atoms with Crippen LogP contribution in [0.1, 0.15) is 15.9 Å². The Kier molecular flexibility index (Phi) is 4.04. The second kappa shape index (κ2) is 5.73. The van der Waals surface area contributed by atoms with Crippen LogP contribution in [0.4, 0.5) is 0 Å². The number of amides is 1. The molecule has 0 saturated carbocycles. The van der Waals surface area contributed by atoms with Crippen molar-refractivity contribution in [2.45, 2.75) is 6.61 Å². The minimum Gasteiger partial charge on any atom is -0.456 e. The molecule has 19 heavy (non-hydrogen) atoms. The van der Waals surface area contributed by atoms with Gasteiger partial charge in [-0.1, -0.05) is 29.8 Å². The van der Waals surface area contributed by atoms with Crippen molar-refractivity contribution < 1.29 is 14.6 Å². The first-order valence-corrected chi connectivity index (χ1v) is 5.95. The van der Waals surface area contributed by atoms with Gasteiger partial charge in [0, 0.05) is 0 Å². The van der Waals surface area contributed by atoms with Crippen molar-refractivity contribution in [2.75, 3.05) is 0 Å². The van der Waals surface area contributed by atoms with Gasteiger partial charge in [0.15, 0.2) is 0 Å². The molecule has 2 aromatic rings. The molecule has 0 saturated heterocycles. The average molecular weight is 278 g/mol. The van der Waals surface area contributed by atoms with Gasteiger partial charge in [-0.15, -0.1) is 0 Å². The molecular formula is C14H12ClNO3. The van der Waals surface area contributed by atoms with Gasteiger partial charge in [-0.3, -0.25) is 4.79 Å². The number of benzene rings is 2. The topological polar surface area (TPSA) is 72.6 Å². The van der Waals surface area contributed by atoms with Crippen LogP contribution < -0.4 is 10.5 Å². The van der Waals surface area contributed by atoms with E-state index in [2.05, 4.69) is 0 Å². The molecule has 0 radical (unpaired) electrons. The summed E-state index contributed by atoms with van der Waals surface area (Å²) >= 11 is 5.93. The molecule has 1 amide bonds. The van der Waals surface area contributed by atoms with Crippen molar-refractivity contribution in [3.05, 3.63) is 58.6 Å². The minimum atomic E-state index is -0.654. The van der Waals surface area contributed by atoms with Gasteiger partial charge in [0.2, 0.25) is 0 Å². The van der Waals surface area contributed by atoms with E-state index in [0.717, 1.165) is 0 Å². The van der Waals surface area contributed by atoms with E-state index in [1.165, 1.54) is 0 Å². The number of primary amides is 1. The Balaban J connectivity index is 2.38. The Morgan fingerprint density at radius 2 is 2.00 bits per heavy atom. The zero-order valence-electron chi connectivity index (χ0n) is 9.97. The van der Waals surface area contributed by atoms with Crippen LogP contribution >= 0.6 is 11.6 Å². The van der Waals surface area contributed by atoms with Gasteiger partial charge in [-0.05, 0) is 29.8 Å². The van der Waals surface area contributed by atoms with E-state index < -0.39 is 5.91 Å². The normalized spacial score (nSPS) is 10.2. The molecule has 4 nitrogen and oxygen atoms in total. The molecule has 0 unspecified atom stereocenters. The van der Waals surface area contributed by atoms with Crippen LogP contribution in [0.25, 0.3) is 0 Å². The van der Waals surface area contributed by atoms with E-state index in [1.54, 1.807) is 42.5 Å². The van der Waals surface area contributed by atoms with Gasteiger partial charge >= 0.3 is 0 Å². The van der Waals surface area contributed by atoms with Gasteiger partial charge in [0.1, 0.15) is 17.1 Å². The highest BCUT2D eigenvalue weighted by molar-refractivity contribution is 6.34. The van der Waals surface area contributed by atoms with Crippen molar-refractivity contribution in [3.63, 3.8) is 0 Å². The Hall–Kier alpha value is -2.04. The number of aliphatic hydroxyl groups is 1. The van der Waals surface area contributed by atoms with Crippen molar-refractivity contribution >= 4 is 17.5 Å². The van der Waals surface area contributed by atoms with Crippen LogP contribution in [-0.4, -0.2) is 11.0 Å². The number of hydrogen-bond acceptors (Lipinski definition) is 3. The van der Waals surface area contributed by atoms with Crippen LogP contribution in [0.2, 0.25) is 5.02 Å². The molecule has 0 heterocycles. The lowest BCUT2D eigenvalue weighted by Crippen LogP contribution is -2.12. The standard InChI is InChI=1S/C14H12ClNO3/c15-11-5-2-6-12(13(11)14(16)18)19-10-4-1-3-9(7-10)8-17/h1-7,17H,8H2,(H2,16,18). The quantitative estimate of drug-likeness (QED) is 0.902. The van der Waals surface area contributed by atoms with E-state index in [9.17, 15) is 4.79 Å². The fourth-order valence-corrected chi connectivity index (χ4v) is 1.92. The molecule has 3 N–H and O–H groups in total. The third-order valence-electron chi connectivity index (χ3n) is 2.53. The lowest BCUT2D eigenvalue weighted by Gasteiger charge is -2.11. The third kappa shape index (κ3) is 3.05. The van der Waals surface area contributed by atoms with Crippen LogP contribution in [0.3, 0.4) is 0 Å². The Morgan fingerprint density at radius 3 is 2.68 bits per heavy atom. The number of ether oxygens (including phenoxy) is 1. The van der Waals surface area contributed by atoms with E-state index >= 15 is 0 Å². The molecule has 0 aliphatic heterocycles. The molecule has 0 aromatic heterocycles. The average Bonchev–Trinajstić information content (AvgIpc) is 2.38. The smallest absolute Gasteiger partial charge is 0.254 e. The number of carbonyl (C=O) groups is 1. The highest BCUT2D eigenvalue weighted by Crippen LogP contribution is 2.30. The largest absolute Gasteiger partial charge is 0.456 e.